The van der Waals surface area contributed by atoms with Crippen molar-refractivity contribution in [1.29, 1.82) is 0 Å². The number of benzene rings is 1. The average molecular weight is 278 g/mol. The normalized spacial score (nSPS) is 13.3. The first kappa shape index (κ1) is 13.8. The molecule has 2 rings (SSSR count). The highest BCUT2D eigenvalue weighted by atomic mass is 32.1. The minimum absolute atomic E-state index is 0.160. The number of thiazole rings is 1. The number of amides is 1. The molecular weight excluding hydrogens is 260 g/mol. The number of rotatable bonds is 2. The summed E-state index contributed by atoms with van der Waals surface area (Å²) in [5.74, 6) is 0. The van der Waals surface area contributed by atoms with Crippen molar-refractivity contribution in [2.45, 2.75) is 39.3 Å². The molecule has 1 aromatic carbocycles. The molecule has 19 heavy (non-hydrogen) atoms. The number of fused-ring (bicyclic) bond motifs is 1. The van der Waals surface area contributed by atoms with Gasteiger partial charge in [0.25, 0.3) is 0 Å². The first-order valence-electron chi connectivity index (χ1n) is 6.20. The molecule has 0 saturated heterocycles. The summed E-state index contributed by atoms with van der Waals surface area (Å²) in [6.45, 7) is 7.43. The Kier molecular flexibility index (Phi) is 3.75. The highest BCUT2D eigenvalue weighted by Crippen LogP contribution is 2.26. The van der Waals surface area contributed by atoms with Gasteiger partial charge in [0.2, 0.25) is 0 Å². The molecule has 5 heteroatoms. The van der Waals surface area contributed by atoms with Gasteiger partial charge in [0.05, 0.1) is 16.3 Å². The number of aromatic nitrogens is 1. The summed E-state index contributed by atoms with van der Waals surface area (Å²) < 4.78 is 6.35. The molecule has 1 heterocycles. The van der Waals surface area contributed by atoms with Crippen molar-refractivity contribution >= 4 is 27.6 Å². The molecule has 0 aliphatic heterocycles. The van der Waals surface area contributed by atoms with E-state index >= 15 is 0 Å². The second-order valence-electron chi connectivity index (χ2n) is 5.39. The fourth-order valence-corrected chi connectivity index (χ4v) is 2.59. The molecule has 1 N–H and O–H groups in total. The lowest BCUT2D eigenvalue weighted by Gasteiger charge is -2.21. The van der Waals surface area contributed by atoms with Crippen molar-refractivity contribution < 1.29 is 9.53 Å². The van der Waals surface area contributed by atoms with Gasteiger partial charge in [-0.15, -0.1) is 11.3 Å². The van der Waals surface area contributed by atoms with Crippen LogP contribution in [-0.2, 0) is 4.74 Å². The maximum absolute atomic E-state index is 11.7. The van der Waals surface area contributed by atoms with Crippen LogP contribution in [0.3, 0.4) is 0 Å². The van der Waals surface area contributed by atoms with Crippen LogP contribution in [0.25, 0.3) is 10.2 Å². The summed E-state index contributed by atoms with van der Waals surface area (Å²) in [5.41, 5.74) is 0.470. The monoisotopic (exact) mass is 278 g/mol. The first-order chi connectivity index (χ1) is 8.85. The minimum Gasteiger partial charge on any atom is -0.444 e. The van der Waals surface area contributed by atoms with Crippen molar-refractivity contribution in [2.24, 2.45) is 0 Å². The van der Waals surface area contributed by atoms with E-state index in [1.165, 1.54) is 0 Å². The molecule has 1 aromatic heterocycles. The van der Waals surface area contributed by atoms with Crippen LogP contribution < -0.4 is 5.32 Å². The van der Waals surface area contributed by atoms with Gasteiger partial charge in [-0.3, -0.25) is 0 Å². The van der Waals surface area contributed by atoms with Gasteiger partial charge in [0, 0.05) is 0 Å². The van der Waals surface area contributed by atoms with E-state index in [0.29, 0.717) is 0 Å². The van der Waals surface area contributed by atoms with Crippen molar-refractivity contribution in [3.8, 4) is 0 Å². The zero-order valence-electron chi connectivity index (χ0n) is 11.6. The number of hydrogen-bond donors (Lipinski definition) is 1. The zero-order valence-corrected chi connectivity index (χ0v) is 12.4. The average Bonchev–Trinajstić information content (AvgIpc) is 2.69. The number of alkyl carbamates (subject to hydrolysis) is 1. The van der Waals surface area contributed by atoms with Gasteiger partial charge in [-0.1, -0.05) is 12.1 Å². The molecule has 4 nitrogen and oxygen atoms in total. The third kappa shape index (κ3) is 3.67. The first-order valence-corrected chi connectivity index (χ1v) is 7.02. The maximum Gasteiger partial charge on any atom is 0.408 e. The maximum atomic E-state index is 11.7. The lowest BCUT2D eigenvalue weighted by atomic mass is 10.2. The van der Waals surface area contributed by atoms with Gasteiger partial charge >= 0.3 is 6.09 Å². The van der Waals surface area contributed by atoms with E-state index in [2.05, 4.69) is 10.3 Å². The highest BCUT2D eigenvalue weighted by molar-refractivity contribution is 7.18. The van der Waals surface area contributed by atoms with Crippen molar-refractivity contribution in [2.75, 3.05) is 0 Å². The van der Waals surface area contributed by atoms with Gasteiger partial charge in [0.1, 0.15) is 10.6 Å². The third-order valence-electron chi connectivity index (χ3n) is 2.41. The van der Waals surface area contributed by atoms with Gasteiger partial charge in [-0.25, -0.2) is 9.78 Å². The Labute approximate surface area is 116 Å². The van der Waals surface area contributed by atoms with Crippen LogP contribution in [-0.4, -0.2) is 16.7 Å². The Balaban J connectivity index is 2.07. The van der Waals surface area contributed by atoms with Crippen LogP contribution in [0.15, 0.2) is 24.3 Å². The number of para-hydroxylation sites is 1. The van der Waals surface area contributed by atoms with E-state index in [0.717, 1.165) is 15.2 Å². The molecule has 0 fully saturated rings. The highest BCUT2D eigenvalue weighted by Gasteiger charge is 2.19. The van der Waals surface area contributed by atoms with Crippen molar-refractivity contribution in [3.63, 3.8) is 0 Å². The summed E-state index contributed by atoms with van der Waals surface area (Å²) >= 11 is 1.58. The predicted molar refractivity (Wildman–Crippen MR) is 77.4 cm³/mol. The summed E-state index contributed by atoms with van der Waals surface area (Å²) in [5, 5.41) is 3.68. The molecular formula is C14H18N2O2S. The standard InChI is InChI=1S/C14H18N2O2S/c1-9(15-13(17)18-14(2,3)4)12-16-10-7-5-6-8-11(10)19-12/h5-9H,1-4H3,(H,15,17). The molecule has 0 spiro atoms. The number of nitrogens with one attached hydrogen (secondary N) is 1. The fraction of sp³-hybridized carbons (Fsp3) is 0.429. The molecule has 2 aromatic rings. The number of carbonyl (C=O) groups is 1. The van der Waals surface area contributed by atoms with Gasteiger partial charge in [0.15, 0.2) is 0 Å². The summed E-state index contributed by atoms with van der Waals surface area (Å²) in [6.07, 6.45) is -0.417. The molecule has 1 atom stereocenters. The van der Waals surface area contributed by atoms with Crippen LogP contribution >= 0.6 is 11.3 Å². The van der Waals surface area contributed by atoms with E-state index in [4.69, 9.17) is 4.74 Å². The lowest BCUT2D eigenvalue weighted by Crippen LogP contribution is -2.33. The summed E-state index contributed by atoms with van der Waals surface area (Å²) in [6, 6.07) is 7.77. The molecule has 0 radical (unpaired) electrons. The Morgan fingerprint density at radius 1 is 1.37 bits per heavy atom. The molecule has 0 saturated carbocycles. The third-order valence-corrected chi connectivity index (χ3v) is 3.63. The van der Waals surface area contributed by atoms with Gasteiger partial charge < -0.3 is 10.1 Å². The second kappa shape index (κ2) is 5.17. The number of ether oxygens (including phenoxy) is 1. The number of carbonyl (C=O) groups excluding carboxylic acids is 1. The molecule has 0 aliphatic carbocycles. The minimum atomic E-state index is -0.489. The second-order valence-corrected chi connectivity index (χ2v) is 6.45. The Morgan fingerprint density at radius 3 is 2.68 bits per heavy atom. The van der Waals surface area contributed by atoms with Crippen LogP contribution in [0.4, 0.5) is 4.79 Å². The van der Waals surface area contributed by atoms with Crippen LogP contribution in [0.2, 0.25) is 0 Å². The van der Waals surface area contributed by atoms with Crippen LogP contribution in [0.5, 0.6) is 0 Å². The van der Waals surface area contributed by atoms with E-state index < -0.39 is 11.7 Å². The Morgan fingerprint density at radius 2 is 2.05 bits per heavy atom. The SMILES string of the molecule is CC(NC(=O)OC(C)(C)C)c1nc2ccccc2s1. The topological polar surface area (TPSA) is 51.2 Å². The van der Waals surface area contributed by atoms with Crippen LogP contribution in [0, 0.1) is 0 Å². The van der Waals surface area contributed by atoms with Crippen molar-refractivity contribution in [1.82, 2.24) is 10.3 Å². The lowest BCUT2D eigenvalue weighted by molar-refractivity contribution is 0.0508. The zero-order chi connectivity index (χ0) is 14.0. The predicted octanol–water partition coefficient (Wildman–Crippen LogP) is 3.88. The molecule has 1 amide bonds. The largest absolute Gasteiger partial charge is 0.444 e. The molecule has 102 valence electrons. The van der Waals surface area contributed by atoms with E-state index in [1.807, 2.05) is 52.0 Å². The van der Waals surface area contributed by atoms with E-state index in [9.17, 15) is 4.79 Å². The van der Waals surface area contributed by atoms with Gasteiger partial charge in [-0.2, -0.15) is 0 Å². The smallest absolute Gasteiger partial charge is 0.408 e. The van der Waals surface area contributed by atoms with Crippen LogP contribution in [0.1, 0.15) is 38.7 Å². The number of hydrogen-bond acceptors (Lipinski definition) is 4. The van der Waals surface area contributed by atoms with E-state index in [-0.39, 0.29) is 6.04 Å². The fourth-order valence-electron chi connectivity index (χ4n) is 1.62. The van der Waals surface area contributed by atoms with E-state index in [1.54, 1.807) is 11.3 Å². The molecule has 1 unspecified atom stereocenters. The summed E-state index contributed by atoms with van der Waals surface area (Å²) in [4.78, 5) is 16.2. The molecule has 0 bridgehead atoms. The number of nitrogens with zero attached hydrogens (tertiary/aromatic N) is 1. The Hall–Kier alpha value is -1.62. The molecule has 0 aliphatic rings. The quantitative estimate of drug-likeness (QED) is 0.907. The Bertz CT molecular complexity index is 553. The van der Waals surface area contributed by atoms with Crippen molar-refractivity contribution in [3.05, 3.63) is 29.3 Å². The summed E-state index contributed by atoms with van der Waals surface area (Å²) in [7, 11) is 0. The van der Waals surface area contributed by atoms with Gasteiger partial charge in [-0.05, 0) is 39.8 Å².